The molecule has 9 heteroatoms. The Bertz CT molecular complexity index is 1090. The molecule has 0 aliphatic carbocycles. The number of thiophene rings is 1. The fraction of sp³-hybridized carbons (Fsp3) is 0.364. The Morgan fingerprint density at radius 3 is 2.58 bits per heavy atom. The first kappa shape index (κ1) is 23.5. The van der Waals surface area contributed by atoms with E-state index in [9.17, 15) is 9.59 Å². The van der Waals surface area contributed by atoms with Crippen LogP contribution in [0.5, 0.6) is 0 Å². The molecule has 0 saturated heterocycles. The lowest BCUT2D eigenvalue weighted by Crippen LogP contribution is -2.30. The minimum atomic E-state index is -0.611. The van der Waals surface area contributed by atoms with Gasteiger partial charge in [0, 0.05) is 12.2 Å². The van der Waals surface area contributed by atoms with Crippen molar-refractivity contribution in [3.63, 3.8) is 0 Å². The monoisotopic (exact) mass is 477 g/mol. The normalized spacial score (nSPS) is 11.5. The number of carbonyl (C=O) groups is 1. The zero-order chi connectivity index (χ0) is 22.4. The first-order valence-corrected chi connectivity index (χ1v) is 12.0. The summed E-state index contributed by atoms with van der Waals surface area (Å²) >= 11 is 8.78. The second kappa shape index (κ2) is 10.4. The molecular weight excluding hydrogens is 454 g/mol. The molecule has 3 aromatic rings. The third-order valence-corrected chi connectivity index (χ3v) is 6.27. The second-order valence-corrected chi connectivity index (χ2v) is 10.4. The molecule has 0 amide bonds. The van der Waals surface area contributed by atoms with Crippen LogP contribution >= 0.6 is 34.7 Å². The highest BCUT2D eigenvalue weighted by Crippen LogP contribution is 2.26. The van der Waals surface area contributed by atoms with Crippen molar-refractivity contribution in [3.8, 4) is 0 Å². The fourth-order valence-electron chi connectivity index (χ4n) is 2.78. The average molecular weight is 478 g/mol. The van der Waals surface area contributed by atoms with Gasteiger partial charge < -0.3 is 4.74 Å². The number of aromatic nitrogens is 3. The Hall–Kier alpha value is -2.16. The highest BCUT2D eigenvalue weighted by Gasteiger charge is 2.20. The lowest BCUT2D eigenvalue weighted by atomic mass is 10.1. The summed E-state index contributed by atoms with van der Waals surface area (Å²) in [6.07, 6.45) is 1.10. The van der Waals surface area contributed by atoms with Gasteiger partial charge in [-0.2, -0.15) is 10.1 Å². The summed E-state index contributed by atoms with van der Waals surface area (Å²) in [6, 6.07) is 11.7. The molecule has 0 saturated carbocycles. The number of hydrogen-bond acceptors (Lipinski definition) is 7. The number of aryl methyl sites for hydroxylation is 2. The summed E-state index contributed by atoms with van der Waals surface area (Å²) in [5.74, 6) is 0.134. The van der Waals surface area contributed by atoms with E-state index in [-0.39, 0.29) is 12.1 Å². The van der Waals surface area contributed by atoms with E-state index in [4.69, 9.17) is 16.3 Å². The van der Waals surface area contributed by atoms with E-state index in [0.29, 0.717) is 33.8 Å². The van der Waals surface area contributed by atoms with Gasteiger partial charge in [-0.15, -0.1) is 11.3 Å². The Balaban J connectivity index is 1.82. The third-order valence-electron chi connectivity index (χ3n) is 4.09. The zero-order valence-electron chi connectivity index (χ0n) is 17.6. The molecule has 0 bridgehead atoms. The summed E-state index contributed by atoms with van der Waals surface area (Å²) in [7, 11) is 0. The fourth-order valence-corrected chi connectivity index (χ4v) is 4.66. The molecule has 0 spiro atoms. The Labute approximate surface area is 194 Å². The van der Waals surface area contributed by atoms with E-state index in [1.54, 1.807) is 0 Å². The predicted octanol–water partition coefficient (Wildman–Crippen LogP) is 4.77. The van der Waals surface area contributed by atoms with Crippen LogP contribution in [0, 0.1) is 0 Å². The van der Waals surface area contributed by atoms with Gasteiger partial charge in [-0.1, -0.05) is 53.7 Å². The third kappa shape index (κ3) is 7.48. The van der Waals surface area contributed by atoms with E-state index in [0.717, 1.165) is 11.1 Å². The van der Waals surface area contributed by atoms with Crippen LogP contribution in [0.1, 0.15) is 37.6 Å². The van der Waals surface area contributed by atoms with E-state index >= 15 is 0 Å². The number of halogens is 1. The van der Waals surface area contributed by atoms with E-state index in [1.165, 1.54) is 27.8 Å². The van der Waals surface area contributed by atoms with Crippen molar-refractivity contribution in [2.75, 3.05) is 0 Å². The minimum absolute atomic E-state index is 0.115. The van der Waals surface area contributed by atoms with Crippen LogP contribution in [0.3, 0.4) is 0 Å². The van der Waals surface area contributed by atoms with Crippen molar-refractivity contribution < 1.29 is 9.53 Å². The molecule has 6 nitrogen and oxygen atoms in total. The Morgan fingerprint density at radius 1 is 1.19 bits per heavy atom. The van der Waals surface area contributed by atoms with Crippen molar-refractivity contribution in [3.05, 3.63) is 73.3 Å². The molecule has 0 fully saturated rings. The van der Waals surface area contributed by atoms with E-state index in [1.807, 2.05) is 62.5 Å². The molecule has 164 valence electrons. The molecule has 0 radical (unpaired) electrons. The van der Waals surface area contributed by atoms with Crippen molar-refractivity contribution in [1.82, 2.24) is 14.8 Å². The number of thioether (sulfide) groups is 1. The van der Waals surface area contributed by atoms with Gasteiger partial charge in [0.1, 0.15) is 17.8 Å². The van der Waals surface area contributed by atoms with E-state index < -0.39 is 11.6 Å². The molecule has 31 heavy (non-hydrogen) atoms. The smallest absolute Gasteiger partial charge is 0.328 e. The zero-order valence-corrected chi connectivity index (χ0v) is 20.0. The number of esters is 1. The van der Waals surface area contributed by atoms with Gasteiger partial charge in [-0.25, -0.2) is 4.68 Å². The number of hydrogen-bond donors (Lipinski definition) is 0. The van der Waals surface area contributed by atoms with Crippen LogP contribution in [0.4, 0.5) is 0 Å². The molecular formula is C22H24ClN3O3S2. The lowest BCUT2D eigenvalue weighted by Gasteiger charge is -2.20. The highest BCUT2D eigenvalue weighted by molar-refractivity contribution is 7.98. The number of ether oxygens (including phenoxy) is 1. The van der Waals surface area contributed by atoms with Crippen LogP contribution in [-0.2, 0) is 34.7 Å². The standard InChI is InChI=1S/C22H24ClN3O3S2/c1-22(2,3)29-19(27)12-26-21(31-14-16-11-18(23)30-13-16)24-20(28)17(25-26)10-9-15-7-5-4-6-8-15/h4-8,11,13H,9-10,12,14H2,1-3H3. The number of benzene rings is 1. The number of carbonyl (C=O) groups excluding carboxylic acids is 1. The Kier molecular flexibility index (Phi) is 7.91. The van der Waals surface area contributed by atoms with E-state index in [2.05, 4.69) is 10.1 Å². The molecule has 2 aromatic heterocycles. The van der Waals surface area contributed by atoms with Gasteiger partial charge in [-0.05, 0) is 49.8 Å². The summed E-state index contributed by atoms with van der Waals surface area (Å²) in [6.45, 7) is 5.31. The Morgan fingerprint density at radius 2 is 1.94 bits per heavy atom. The topological polar surface area (TPSA) is 74.1 Å². The van der Waals surface area contributed by atoms with Crippen molar-refractivity contribution >= 4 is 40.7 Å². The van der Waals surface area contributed by atoms with Crippen LogP contribution in [0.25, 0.3) is 0 Å². The first-order chi connectivity index (χ1) is 14.7. The number of nitrogens with zero attached hydrogens (tertiary/aromatic N) is 3. The second-order valence-electron chi connectivity index (χ2n) is 7.92. The molecule has 0 aliphatic rings. The summed E-state index contributed by atoms with van der Waals surface area (Å²) in [5, 5.41) is 6.80. The van der Waals surface area contributed by atoms with Gasteiger partial charge in [0.05, 0.1) is 4.34 Å². The van der Waals surface area contributed by atoms with Gasteiger partial charge in [-0.3, -0.25) is 9.59 Å². The number of rotatable bonds is 8. The predicted molar refractivity (Wildman–Crippen MR) is 125 cm³/mol. The maximum atomic E-state index is 12.6. The SMILES string of the molecule is CC(C)(C)OC(=O)Cn1nc(CCc2ccccc2)c(=O)nc1SCc1csc(Cl)c1. The molecule has 2 heterocycles. The molecule has 0 aliphatic heterocycles. The lowest BCUT2D eigenvalue weighted by molar-refractivity contribution is -0.156. The quantitative estimate of drug-likeness (QED) is 0.343. The molecule has 1 aromatic carbocycles. The summed E-state index contributed by atoms with van der Waals surface area (Å²) < 4.78 is 7.60. The van der Waals surface area contributed by atoms with Crippen molar-refractivity contribution in [1.29, 1.82) is 0 Å². The first-order valence-electron chi connectivity index (χ1n) is 9.79. The van der Waals surface area contributed by atoms with Gasteiger partial charge in [0.15, 0.2) is 5.16 Å². The van der Waals surface area contributed by atoms with Gasteiger partial charge in [0.25, 0.3) is 5.56 Å². The summed E-state index contributed by atoms with van der Waals surface area (Å²) in [4.78, 5) is 29.3. The maximum Gasteiger partial charge on any atom is 0.328 e. The molecule has 3 rings (SSSR count). The average Bonchev–Trinajstić information content (AvgIpc) is 3.11. The summed E-state index contributed by atoms with van der Waals surface area (Å²) in [5.41, 5.74) is 1.47. The maximum absolute atomic E-state index is 12.6. The molecule has 0 atom stereocenters. The van der Waals surface area contributed by atoms with Crippen LogP contribution in [0.15, 0.2) is 51.7 Å². The van der Waals surface area contributed by atoms with Crippen LogP contribution in [-0.4, -0.2) is 26.3 Å². The van der Waals surface area contributed by atoms with Crippen molar-refractivity contribution in [2.45, 2.75) is 56.7 Å². The molecule has 0 unspecified atom stereocenters. The van der Waals surface area contributed by atoms with Crippen LogP contribution in [0.2, 0.25) is 4.34 Å². The van der Waals surface area contributed by atoms with Crippen LogP contribution < -0.4 is 5.56 Å². The minimum Gasteiger partial charge on any atom is -0.459 e. The molecule has 0 N–H and O–H groups in total. The van der Waals surface area contributed by atoms with Gasteiger partial charge in [0.2, 0.25) is 0 Å². The van der Waals surface area contributed by atoms with Gasteiger partial charge >= 0.3 is 5.97 Å². The highest BCUT2D eigenvalue weighted by atomic mass is 35.5. The largest absolute Gasteiger partial charge is 0.459 e. The van der Waals surface area contributed by atoms with Crippen molar-refractivity contribution in [2.24, 2.45) is 0 Å².